The van der Waals surface area contributed by atoms with Crippen LogP contribution in [0.1, 0.15) is 18.4 Å². The summed E-state index contributed by atoms with van der Waals surface area (Å²) in [4.78, 5) is 37.8. The van der Waals surface area contributed by atoms with E-state index in [1.807, 2.05) is 30.3 Å². The Morgan fingerprint density at radius 1 is 0.971 bits per heavy atom. The lowest BCUT2D eigenvalue weighted by molar-refractivity contribution is -0.144. The fraction of sp³-hybridized carbons (Fsp3) is 0.400. The van der Waals surface area contributed by atoms with Crippen LogP contribution in [0.25, 0.3) is 0 Å². The minimum atomic E-state index is -1.26. The Kier molecular flexibility index (Phi) is 9.31. The molecule has 3 rings (SSSR count). The predicted molar refractivity (Wildman–Crippen MR) is 129 cm³/mol. The predicted octanol–water partition coefficient (Wildman–Crippen LogP) is 2.89. The fourth-order valence-corrected chi connectivity index (χ4v) is 3.99. The molecule has 0 radical (unpaired) electrons. The molecule has 10 nitrogen and oxygen atoms in total. The van der Waals surface area contributed by atoms with E-state index >= 15 is 0 Å². The van der Waals surface area contributed by atoms with Gasteiger partial charge in [-0.2, -0.15) is 0 Å². The summed E-state index contributed by atoms with van der Waals surface area (Å²) in [5.74, 6) is -0.0316. The van der Waals surface area contributed by atoms with Crippen LogP contribution >= 0.6 is 0 Å². The lowest BCUT2D eigenvalue weighted by atomic mass is 10.1. The largest absolute Gasteiger partial charge is 0.493 e. The van der Waals surface area contributed by atoms with E-state index in [1.165, 1.54) is 26.3 Å². The van der Waals surface area contributed by atoms with Crippen molar-refractivity contribution >= 4 is 24.0 Å². The van der Waals surface area contributed by atoms with Crippen molar-refractivity contribution in [2.24, 2.45) is 0 Å². The number of hydrogen-bond acceptors (Lipinski definition) is 9. The van der Waals surface area contributed by atoms with Gasteiger partial charge in [0.05, 0.1) is 33.7 Å². The van der Waals surface area contributed by atoms with E-state index in [2.05, 4.69) is 4.90 Å². The van der Waals surface area contributed by atoms with Crippen LogP contribution in [0.4, 0.5) is 10.5 Å². The molecule has 35 heavy (non-hydrogen) atoms. The number of benzene rings is 2. The highest BCUT2D eigenvalue weighted by molar-refractivity contribution is 6.22. The van der Waals surface area contributed by atoms with Crippen LogP contribution in [0.3, 0.4) is 0 Å². The van der Waals surface area contributed by atoms with Gasteiger partial charge in [0.25, 0.3) is 0 Å². The summed E-state index contributed by atoms with van der Waals surface area (Å²) in [6, 6.07) is 13.2. The van der Waals surface area contributed by atoms with Gasteiger partial charge in [0.1, 0.15) is 0 Å². The quantitative estimate of drug-likeness (QED) is 0.156. The zero-order chi connectivity index (χ0) is 25.2. The highest BCUT2D eigenvalue weighted by Gasteiger charge is 2.30. The third kappa shape index (κ3) is 6.63. The summed E-state index contributed by atoms with van der Waals surface area (Å²) < 4.78 is 21.3. The molecule has 1 saturated heterocycles. The number of ether oxygens (including phenoxy) is 4. The van der Waals surface area contributed by atoms with E-state index in [9.17, 15) is 14.4 Å². The van der Waals surface area contributed by atoms with Gasteiger partial charge in [-0.3, -0.25) is 14.7 Å². The number of methoxy groups -OCH3 is 3. The van der Waals surface area contributed by atoms with Gasteiger partial charge in [0, 0.05) is 18.7 Å². The number of aldehydes is 1. The van der Waals surface area contributed by atoms with E-state index < -0.39 is 12.1 Å². The Hall–Kier alpha value is -3.79. The normalized spacial score (nSPS) is 13.1. The SMILES string of the molecule is COc1cc(N(CCc2ccccc2)N(CN2CCCC2)C(=O)OC(=O)C=O)cc(OC)c1OC. The molecular formula is C25H31N3O7. The van der Waals surface area contributed by atoms with Crippen molar-refractivity contribution in [3.63, 3.8) is 0 Å². The van der Waals surface area contributed by atoms with Crippen LogP contribution in [0.5, 0.6) is 17.2 Å². The van der Waals surface area contributed by atoms with Crippen molar-refractivity contribution in [2.75, 3.05) is 52.6 Å². The summed E-state index contributed by atoms with van der Waals surface area (Å²) in [7, 11) is 4.53. The third-order valence-electron chi connectivity index (χ3n) is 5.72. The van der Waals surface area contributed by atoms with Gasteiger partial charge >= 0.3 is 12.1 Å². The molecule has 188 valence electrons. The molecule has 0 spiro atoms. The molecule has 1 aliphatic rings. The van der Waals surface area contributed by atoms with Crippen molar-refractivity contribution in [1.82, 2.24) is 9.91 Å². The Labute approximate surface area is 204 Å². The molecular weight excluding hydrogens is 454 g/mol. The van der Waals surface area contributed by atoms with Crippen molar-refractivity contribution in [3.05, 3.63) is 48.0 Å². The van der Waals surface area contributed by atoms with Gasteiger partial charge in [-0.25, -0.2) is 14.6 Å². The standard InChI is InChI=1S/C25H31N3O7/c1-32-21-15-20(16-22(33-2)24(21)34-3)27(14-11-19-9-5-4-6-10-19)28(18-26-12-7-8-13-26)25(31)35-23(30)17-29/h4-6,9-10,15-17H,7-8,11-14,18H2,1-3H3. The lowest BCUT2D eigenvalue weighted by Crippen LogP contribution is -2.53. The maximum absolute atomic E-state index is 13.1. The maximum atomic E-state index is 13.1. The number of likely N-dealkylation sites (tertiary alicyclic amines) is 1. The van der Waals surface area contributed by atoms with Crippen molar-refractivity contribution < 1.29 is 33.3 Å². The van der Waals surface area contributed by atoms with Crippen LogP contribution in [-0.4, -0.2) is 75.9 Å². The smallest absolute Gasteiger partial charge is 0.438 e. The first-order chi connectivity index (χ1) is 17.0. The average Bonchev–Trinajstić information content (AvgIpc) is 3.41. The maximum Gasteiger partial charge on any atom is 0.438 e. The molecule has 0 atom stereocenters. The van der Waals surface area contributed by atoms with Gasteiger partial charge < -0.3 is 18.9 Å². The number of carbonyl (C=O) groups is 3. The Balaban J connectivity index is 2.04. The van der Waals surface area contributed by atoms with Crippen molar-refractivity contribution in [2.45, 2.75) is 19.3 Å². The zero-order valence-electron chi connectivity index (χ0n) is 20.3. The molecule has 0 unspecified atom stereocenters. The lowest BCUT2D eigenvalue weighted by Gasteiger charge is -2.38. The summed E-state index contributed by atoms with van der Waals surface area (Å²) in [6.45, 7) is 2.14. The molecule has 1 aliphatic heterocycles. The first kappa shape index (κ1) is 25.8. The third-order valence-corrected chi connectivity index (χ3v) is 5.72. The van der Waals surface area contributed by atoms with Crippen LogP contribution in [0, 0.1) is 0 Å². The van der Waals surface area contributed by atoms with Crippen LogP contribution in [-0.2, 0) is 20.7 Å². The Morgan fingerprint density at radius 2 is 1.60 bits per heavy atom. The molecule has 2 aromatic rings. The van der Waals surface area contributed by atoms with Crippen LogP contribution < -0.4 is 19.2 Å². The molecule has 1 fully saturated rings. The van der Waals surface area contributed by atoms with E-state index in [4.69, 9.17) is 18.9 Å². The molecule has 1 amide bonds. The second kappa shape index (κ2) is 12.6. The van der Waals surface area contributed by atoms with Gasteiger partial charge in [-0.15, -0.1) is 0 Å². The number of hydrazine groups is 1. The van der Waals surface area contributed by atoms with E-state index in [1.54, 1.807) is 17.1 Å². The second-order valence-electron chi connectivity index (χ2n) is 7.91. The van der Waals surface area contributed by atoms with E-state index in [0.29, 0.717) is 35.9 Å². The van der Waals surface area contributed by atoms with Gasteiger partial charge in [0.2, 0.25) is 12.0 Å². The molecule has 10 heteroatoms. The summed E-state index contributed by atoms with van der Waals surface area (Å²) >= 11 is 0. The van der Waals surface area contributed by atoms with Crippen LogP contribution in [0.2, 0.25) is 0 Å². The number of amides is 1. The number of hydrogen-bond donors (Lipinski definition) is 0. The monoisotopic (exact) mass is 485 g/mol. The van der Waals surface area contributed by atoms with Gasteiger partial charge in [-0.05, 0) is 37.9 Å². The number of nitrogens with zero attached hydrogens (tertiary/aromatic N) is 3. The molecule has 0 bridgehead atoms. The Bertz CT molecular complexity index is 984. The summed E-state index contributed by atoms with van der Waals surface area (Å²) in [5.41, 5.74) is 1.62. The number of rotatable bonds is 11. The van der Waals surface area contributed by atoms with Crippen molar-refractivity contribution in [1.29, 1.82) is 0 Å². The van der Waals surface area contributed by atoms with Crippen LogP contribution in [0.15, 0.2) is 42.5 Å². The molecule has 1 heterocycles. The minimum absolute atomic E-state index is 0.0281. The average molecular weight is 486 g/mol. The summed E-state index contributed by atoms with van der Waals surface area (Å²) in [5, 5.41) is 3.03. The number of esters is 1. The van der Waals surface area contributed by atoms with Gasteiger partial charge in [0.15, 0.2) is 11.5 Å². The first-order valence-electron chi connectivity index (χ1n) is 11.3. The van der Waals surface area contributed by atoms with Crippen molar-refractivity contribution in [3.8, 4) is 17.2 Å². The molecule has 0 N–H and O–H groups in total. The zero-order valence-corrected chi connectivity index (χ0v) is 20.3. The number of carbonyl (C=O) groups excluding carboxylic acids is 3. The fourth-order valence-electron chi connectivity index (χ4n) is 3.99. The highest BCUT2D eigenvalue weighted by Crippen LogP contribution is 2.41. The Morgan fingerprint density at radius 3 is 2.14 bits per heavy atom. The first-order valence-corrected chi connectivity index (χ1v) is 11.3. The molecule has 0 aliphatic carbocycles. The second-order valence-corrected chi connectivity index (χ2v) is 7.91. The minimum Gasteiger partial charge on any atom is -0.493 e. The molecule has 0 aromatic heterocycles. The summed E-state index contributed by atoms with van der Waals surface area (Å²) in [6.07, 6.45) is 1.62. The van der Waals surface area contributed by atoms with E-state index in [-0.39, 0.29) is 13.0 Å². The highest BCUT2D eigenvalue weighted by atomic mass is 16.6. The number of anilines is 1. The van der Waals surface area contributed by atoms with Gasteiger partial charge in [-0.1, -0.05) is 30.3 Å². The molecule has 0 saturated carbocycles. The topological polar surface area (TPSA) is 97.9 Å². The molecule has 2 aromatic carbocycles. The van der Waals surface area contributed by atoms with E-state index in [0.717, 1.165) is 31.5 Å².